The molecule has 5 heteroatoms. The Bertz CT molecular complexity index is 467. The molecule has 0 spiro atoms. The van der Waals surface area contributed by atoms with E-state index in [2.05, 4.69) is 0 Å². The molecular weight excluding hydrogens is 281 g/mol. The Morgan fingerprint density at radius 1 is 1.24 bits per heavy atom. The van der Waals surface area contributed by atoms with Gasteiger partial charge in [-0.25, -0.2) is 0 Å². The van der Waals surface area contributed by atoms with Crippen LogP contribution in [0, 0.1) is 5.92 Å². The van der Waals surface area contributed by atoms with E-state index in [1.54, 1.807) is 24.3 Å². The summed E-state index contributed by atoms with van der Waals surface area (Å²) in [6.07, 6.45) is -3.63. The van der Waals surface area contributed by atoms with Gasteiger partial charge in [0, 0.05) is 0 Å². The van der Waals surface area contributed by atoms with Crippen LogP contribution < -0.4 is 4.74 Å². The molecule has 0 bridgehead atoms. The van der Waals surface area contributed by atoms with Gasteiger partial charge in [-0.3, -0.25) is 0 Å². The summed E-state index contributed by atoms with van der Waals surface area (Å²) in [5.41, 5.74) is -0.859. The van der Waals surface area contributed by atoms with Gasteiger partial charge in [0.05, 0.1) is 17.6 Å². The molecule has 0 amide bonds. The number of alkyl halides is 3. The summed E-state index contributed by atoms with van der Waals surface area (Å²) in [6, 6.07) is 6.72. The number of halogens is 3. The van der Waals surface area contributed by atoms with Gasteiger partial charge in [0.15, 0.2) is 0 Å². The van der Waals surface area contributed by atoms with Crippen LogP contribution in [0.3, 0.4) is 0 Å². The van der Waals surface area contributed by atoms with Crippen LogP contribution in [0.25, 0.3) is 0 Å². The number of hydrogen-bond donors (Lipinski definition) is 1. The molecule has 1 saturated carbocycles. The highest BCUT2D eigenvalue weighted by atomic mass is 19.4. The predicted octanol–water partition coefficient (Wildman–Crippen LogP) is 4.41. The molecule has 0 aliphatic heterocycles. The van der Waals surface area contributed by atoms with Crippen LogP contribution in [0.2, 0.25) is 0 Å². The molecule has 1 aliphatic carbocycles. The predicted molar refractivity (Wildman–Crippen MR) is 74.1 cm³/mol. The lowest BCUT2D eigenvalue weighted by atomic mass is 9.74. The zero-order valence-corrected chi connectivity index (χ0v) is 12.3. The average molecular weight is 302 g/mol. The van der Waals surface area contributed by atoms with Gasteiger partial charge in [-0.1, -0.05) is 12.1 Å². The molecule has 0 heterocycles. The third-order valence-corrected chi connectivity index (χ3v) is 3.95. The largest absolute Gasteiger partial charge is 0.491 e. The van der Waals surface area contributed by atoms with Gasteiger partial charge in [0.25, 0.3) is 0 Å². The van der Waals surface area contributed by atoms with Crippen molar-refractivity contribution in [3.63, 3.8) is 0 Å². The number of rotatable bonds is 3. The fourth-order valence-corrected chi connectivity index (χ4v) is 2.91. The topological polar surface area (TPSA) is 29.5 Å². The van der Waals surface area contributed by atoms with Crippen LogP contribution in [-0.4, -0.2) is 17.4 Å². The minimum atomic E-state index is -4.24. The number of benzene rings is 1. The first kappa shape index (κ1) is 16.1. The lowest BCUT2D eigenvalue weighted by Crippen LogP contribution is -2.38. The van der Waals surface area contributed by atoms with Crippen molar-refractivity contribution in [1.82, 2.24) is 0 Å². The van der Waals surface area contributed by atoms with Crippen LogP contribution in [0.1, 0.15) is 45.1 Å². The Morgan fingerprint density at radius 2 is 1.86 bits per heavy atom. The summed E-state index contributed by atoms with van der Waals surface area (Å²) in [5.74, 6) is -0.775. The zero-order chi connectivity index (χ0) is 15.7. The Balaban J connectivity index is 2.15. The van der Waals surface area contributed by atoms with Crippen LogP contribution in [0.15, 0.2) is 24.3 Å². The summed E-state index contributed by atoms with van der Waals surface area (Å²) in [5, 5.41) is 10.6. The minimum absolute atomic E-state index is 0.0308. The van der Waals surface area contributed by atoms with Crippen molar-refractivity contribution < 1.29 is 23.0 Å². The van der Waals surface area contributed by atoms with Gasteiger partial charge >= 0.3 is 6.18 Å². The molecule has 1 N–H and O–H groups in total. The van der Waals surface area contributed by atoms with E-state index < -0.39 is 17.7 Å². The second kappa shape index (κ2) is 5.87. The third kappa shape index (κ3) is 3.90. The molecule has 2 atom stereocenters. The number of aliphatic hydroxyl groups is 1. The highest BCUT2D eigenvalue weighted by Gasteiger charge is 2.47. The van der Waals surface area contributed by atoms with Gasteiger partial charge < -0.3 is 9.84 Å². The third-order valence-electron chi connectivity index (χ3n) is 3.95. The van der Waals surface area contributed by atoms with Crippen molar-refractivity contribution in [2.75, 3.05) is 0 Å². The fourth-order valence-electron chi connectivity index (χ4n) is 2.91. The summed E-state index contributed by atoms with van der Waals surface area (Å²) in [6.45, 7) is 3.80. The van der Waals surface area contributed by atoms with Crippen LogP contribution in [-0.2, 0) is 5.60 Å². The van der Waals surface area contributed by atoms with Gasteiger partial charge in [-0.2, -0.15) is 13.2 Å². The SMILES string of the molecule is CC(C)Oc1ccc(C2(O)CCCC(C(F)(F)F)C2)cc1. The van der Waals surface area contributed by atoms with E-state index in [0.29, 0.717) is 24.2 Å². The van der Waals surface area contributed by atoms with Crippen LogP contribution in [0.4, 0.5) is 13.2 Å². The highest BCUT2D eigenvalue weighted by molar-refractivity contribution is 5.31. The van der Waals surface area contributed by atoms with Gasteiger partial charge in [-0.05, 0) is 57.2 Å². The molecule has 2 unspecified atom stereocenters. The van der Waals surface area contributed by atoms with Crippen LogP contribution >= 0.6 is 0 Å². The normalized spacial score (nSPS) is 26.9. The van der Waals surface area contributed by atoms with Gasteiger partial charge in [-0.15, -0.1) is 0 Å². The lowest BCUT2D eigenvalue weighted by Gasteiger charge is -2.38. The summed E-state index contributed by atoms with van der Waals surface area (Å²) in [4.78, 5) is 0. The van der Waals surface area contributed by atoms with E-state index in [4.69, 9.17) is 4.74 Å². The minimum Gasteiger partial charge on any atom is -0.491 e. The fraction of sp³-hybridized carbons (Fsp3) is 0.625. The van der Waals surface area contributed by atoms with Crippen molar-refractivity contribution in [3.8, 4) is 5.75 Å². The summed E-state index contributed by atoms with van der Waals surface area (Å²) in [7, 11) is 0. The molecule has 0 aromatic heterocycles. The Morgan fingerprint density at radius 3 is 2.38 bits per heavy atom. The highest BCUT2D eigenvalue weighted by Crippen LogP contribution is 2.46. The maximum atomic E-state index is 12.9. The Labute approximate surface area is 122 Å². The van der Waals surface area contributed by atoms with Crippen molar-refractivity contribution in [3.05, 3.63) is 29.8 Å². The molecule has 1 aromatic rings. The average Bonchev–Trinajstić information content (AvgIpc) is 2.38. The number of hydrogen-bond acceptors (Lipinski definition) is 2. The smallest absolute Gasteiger partial charge is 0.391 e. The van der Waals surface area contributed by atoms with E-state index >= 15 is 0 Å². The van der Waals surface area contributed by atoms with Gasteiger partial charge in [0.2, 0.25) is 0 Å². The molecule has 0 radical (unpaired) electrons. The molecule has 1 aromatic carbocycles. The molecule has 0 saturated heterocycles. The standard InChI is InChI=1S/C16H21F3O2/c1-11(2)21-14-7-5-12(6-8-14)15(20)9-3-4-13(10-15)16(17,18)19/h5-8,11,13,20H,3-4,9-10H2,1-2H3. The van der Waals surface area contributed by atoms with E-state index in [1.807, 2.05) is 13.8 Å². The van der Waals surface area contributed by atoms with E-state index in [9.17, 15) is 18.3 Å². The quantitative estimate of drug-likeness (QED) is 0.896. The molecule has 2 rings (SSSR count). The van der Waals surface area contributed by atoms with Crippen LogP contribution in [0.5, 0.6) is 5.75 Å². The summed E-state index contributed by atoms with van der Waals surface area (Å²) >= 11 is 0. The number of ether oxygens (including phenoxy) is 1. The first-order valence-electron chi connectivity index (χ1n) is 7.27. The zero-order valence-electron chi connectivity index (χ0n) is 12.3. The Hall–Kier alpha value is -1.23. The maximum absolute atomic E-state index is 12.9. The van der Waals surface area contributed by atoms with Crippen molar-refractivity contribution in [2.45, 2.75) is 57.4 Å². The van der Waals surface area contributed by atoms with Gasteiger partial charge in [0.1, 0.15) is 5.75 Å². The molecule has 21 heavy (non-hydrogen) atoms. The van der Waals surface area contributed by atoms with Crippen molar-refractivity contribution >= 4 is 0 Å². The molecule has 2 nitrogen and oxygen atoms in total. The lowest BCUT2D eigenvalue weighted by molar-refractivity contribution is -0.201. The van der Waals surface area contributed by atoms with E-state index in [1.165, 1.54) is 0 Å². The molecule has 118 valence electrons. The first-order chi connectivity index (χ1) is 9.71. The second-order valence-corrected chi connectivity index (χ2v) is 6.06. The maximum Gasteiger partial charge on any atom is 0.391 e. The second-order valence-electron chi connectivity index (χ2n) is 6.06. The molecular formula is C16H21F3O2. The van der Waals surface area contributed by atoms with Crippen molar-refractivity contribution in [1.29, 1.82) is 0 Å². The van der Waals surface area contributed by atoms with E-state index in [-0.39, 0.29) is 18.9 Å². The first-order valence-corrected chi connectivity index (χ1v) is 7.27. The molecule has 1 aliphatic rings. The van der Waals surface area contributed by atoms with E-state index in [0.717, 1.165) is 0 Å². The Kier molecular flexibility index (Phi) is 4.51. The monoisotopic (exact) mass is 302 g/mol. The summed E-state index contributed by atoms with van der Waals surface area (Å²) < 4.78 is 44.1. The van der Waals surface area contributed by atoms with Crippen molar-refractivity contribution in [2.24, 2.45) is 5.92 Å². The molecule has 1 fully saturated rings.